The highest BCUT2D eigenvalue weighted by Crippen LogP contribution is 2.19. The van der Waals surface area contributed by atoms with Crippen molar-refractivity contribution < 1.29 is 19.4 Å². The van der Waals surface area contributed by atoms with E-state index in [1.54, 1.807) is 12.1 Å². The van der Waals surface area contributed by atoms with Crippen molar-refractivity contribution in [2.45, 2.75) is 18.9 Å². The number of thiophene rings is 1. The van der Waals surface area contributed by atoms with Gasteiger partial charge in [0.25, 0.3) is 0 Å². The monoisotopic (exact) mass is 279 g/mol. The second kappa shape index (κ2) is 5.87. The molecule has 1 unspecified atom stereocenters. The van der Waals surface area contributed by atoms with Gasteiger partial charge in [0.1, 0.15) is 4.88 Å². The summed E-state index contributed by atoms with van der Waals surface area (Å²) in [5, 5.41) is 9.14. The second-order valence-corrected chi connectivity index (χ2v) is 5.11. The Kier molecular flexibility index (Phi) is 4.20. The molecule has 6 heteroatoms. The van der Waals surface area contributed by atoms with Crippen LogP contribution in [-0.4, -0.2) is 41.6 Å². The first-order valence-corrected chi connectivity index (χ1v) is 6.60. The van der Waals surface area contributed by atoms with Crippen molar-refractivity contribution in [3.63, 3.8) is 0 Å². The SMILES string of the molecule is COC(=O)c1ccc(C#CN2C(=O)CCC2CO)s1. The van der Waals surface area contributed by atoms with Crippen molar-refractivity contribution in [2.75, 3.05) is 13.7 Å². The van der Waals surface area contributed by atoms with E-state index in [1.807, 2.05) is 0 Å². The average molecular weight is 279 g/mol. The average Bonchev–Trinajstić information content (AvgIpc) is 3.02. The maximum absolute atomic E-state index is 11.6. The Morgan fingerprint density at radius 3 is 3.11 bits per heavy atom. The molecule has 1 atom stereocenters. The van der Waals surface area contributed by atoms with E-state index < -0.39 is 5.97 Å². The Hall–Kier alpha value is -1.84. The number of nitrogens with zero attached hydrogens (tertiary/aromatic N) is 1. The van der Waals surface area contributed by atoms with Gasteiger partial charge in [-0.1, -0.05) is 0 Å². The highest BCUT2D eigenvalue weighted by atomic mass is 32.1. The van der Waals surface area contributed by atoms with Crippen LogP contribution in [-0.2, 0) is 9.53 Å². The zero-order valence-electron chi connectivity index (χ0n) is 10.4. The zero-order chi connectivity index (χ0) is 13.8. The molecular weight excluding hydrogens is 266 g/mol. The van der Waals surface area contributed by atoms with Gasteiger partial charge in [-0.15, -0.1) is 11.3 Å². The van der Waals surface area contributed by atoms with Gasteiger partial charge in [-0.3, -0.25) is 9.69 Å². The summed E-state index contributed by atoms with van der Waals surface area (Å²) >= 11 is 1.21. The van der Waals surface area contributed by atoms with Gasteiger partial charge in [-0.05, 0) is 24.5 Å². The first kappa shape index (κ1) is 13.6. The molecule has 1 aromatic rings. The fourth-order valence-corrected chi connectivity index (χ4v) is 2.57. The summed E-state index contributed by atoms with van der Waals surface area (Å²) < 4.78 is 4.60. The minimum Gasteiger partial charge on any atom is -0.465 e. The number of aliphatic hydroxyl groups excluding tert-OH is 1. The van der Waals surface area contributed by atoms with E-state index in [1.165, 1.54) is 23.3 Å². The van der Waals surface area contributed by atoms with Gasteiger partial charge in [0.2, 0.25) is 5.91 Å². The van der Waals surface area contributed by atoms with E-state index >= 15 is 0 Å². The molecule has 1 N–H and O–H groups in total. The molecule has 5 nitrogen and oxygen atoms in total. The summed E-state index contributed by atoms with van der Waals surface area (Å²) in [5.41, 5.74) is 0. The number of hydrogen-bond donors (Lipinski definition) is 1. The molecule has 0 spiro atoms. The normalized spacial score (nSPS) is 18.1. The maximum atomic E-state index is 11.6. The molecule has 100 valence electrons. The van der Waals surface area contributed by atoms with Crippen LogP contribution >= 0.6 is 11.3 Å². The summed E-state index contributed by atoms with van der Waals surface area (Å²) in [6.07, 6.45) is 1.04. The number of esters is 1. The molecular formula is C13H13NO4S. The molecule has 0 aromatic carbocycles. The molecule has 0 saturated carbocycles. The molecule has 1 saturated heterocycles. The third kappa shape index (κ3) is 2.95. The fourth-order valence-electron chi connectivity index (χ4n) is 1.80. The molecule has 19 heavy (non-hydrogen) atoms. The highest BCUT2D eigenvalue weighted by molar-refractivity contribution is 7.14. The Bertz CT molecular complexity index is 554. The van der Waals surface area contributed by atoms with Crippen molar-refractivity contribution in [1.29, 1.82) is 0 Å². The molecule has 0 aliphatic carbocycles. The minimum atomic E-state index is -0.400. The number of methoxy groups -OCH3 is 1. The fraction of sp³-hybridized carbons (Fsp3) is 0.385. The van der Waals surface area contributed by atoms with Gasteiger partial charge in [0.15, 0.2) is 0 Å². The molecule has 1 aromatic heterocycles. The minimum absolute atomic E-state index is 0.0729. The summed E-state index contributed by atoms with van der Waals surface area (Å²) in [6.45, 7) is -0.0850. The third-order valence-corrected chi connectivity index (χ3v) is 3.81. The quantitative estimate of drug-likeness (QED) is 0.643. The molecule has 1 aliphatic rings. The van der Waals surface area contributed by atoms with Crippen LogP contribution in [0.5, 0.6) is 0 Å². The molecule has 2 heterocycles. The lowest BCUT2D eigenvalue weighted by atomic mass is 10.2. The number of likely N-dealkylation sites (tertiary alicyclic amines) is 1. The Labute approximate surface area is 114 Å². The van der Waals surface area contributed by atoms with Gasteiger partial charge in [0.05, 0.1) is 24.6 Å². The van der Waals surface area contributed by atoms with Crippen molar-refractivity contribution in [2.24, 2.45) is 0 Å². The van der Waals surface area contributed by atoms with Gasteiger partial charge < -0.3 is 9.84 Å². The number of ether oxygens (including phenoxy) is 1. The van der Waals surface area contributed by atoms with Crippen LogP contribution in [0, 0.1) is 12.0 Å². The molecule has 1 amide bonds. The number of aliphatic hydroxyl groups is 1. The number of rotatable bonds is 2. The Morgan fingerprint density at radius 2 is 2.42 bits per heavy atom. The van der Waals surface area contributed by atoms with Gasteiger partial charge >= 0.3 is 5.97 Å². The lowest BCUT2D eigenvalue weighted by Crippen LogP contribution is -2.30. The van der Waals surface area contributed by atoms with Crippen LogP contribution in [0.15, 0.2) is 12.1 Å². The van der Waals surface area contributed by atoms with Crippen molar-refractivity contribution in [3.8, 4) is 12.0 Å². The third-order valence-electron chi connectivity index (χ3n) is 2.83. The molecule has 1 aliphatic heterocycles. The Morgan fingerprint density at radius 1 is 1.63 bits per heavy atom. The van der Waals surface area contributed by atoms with Crippen LogP contribution in [0.3, 0.4) is 0 Å². The first-order valence-electron chi connectivity index (χ1n) is 5.78. The van der Waals surface area contributed by atoms with E-state index in [0.29, 0.717) is 22.6 Å². The smallest absolute Gasteiger partial charge is 0.348 e. The van der Waals surface area contributed by atoms with Crippen molar-refractivity contribution in [1.82, 2.24) is 4.90 Å². The van der Waals surface area contributed by atoms with E-state index in [9.17, 15) is 9.59 Å². The predicted molar refractivity (Wildman–Crippen MR) is 69.5 cm³/mol. The number of carbonyl (C=O) groups excluding carboxylic acids is 2. The van der Waals surface area contributed by atoms with Gasteiger partial charge in [-0.2, -0.15) is 0 Å². The summed E-state index contributed by atoms with van der Waals surface area (Å²) in [4.78, 5) is 25.4. The molecule has 1 fully saturated rings. The van der Waals surface area contributed by atoms with E-state index in [4.69, 9.17) is 5.11 Å². The van der Waals surface area contributed by atoms with E-state index in [2.05, 4.69) is 16.7 Å². The summed E-state index contributed by atoms with van der Waals surface area (Å²) in [5.74, 6) is 2.36. The van der Waals surface area contributed by atoms with Crippen LogP contribution < -0.4 is 0 Å². The highest BCUT2D eigenvalue weighted by Gasteiger charge is 2.29. The van der Waals surface area contributed by atoms with E-state index in [-0.39, 0.29) is 18.6 Å². The van der Waals surface area contributed by atoms with Crippen LogP contribution in [0.4, 0.5) is 0 Å². The lowest BCUT2D eigenvalue weighted by Gasteiger charge is -2.14. The van der Waals surface area contributed by atoms with Crippen LogP contribution in [0.25, 0.3) is 0 Å². The number of carbonyl (C=O) groups is 2. The van der Waals surface area contributed by atoms with Gasteiger partial charge in [-0.25, -0.2) is 4.79 Å². The van der Waals surface area contributed by atoms with Crippen molar-refractivity contribution in [3.05, 3.63) is 21.9 Å². The van der Waals surface area contributed by atoms with Crippen molar-refractivity contribution >= 4 is 23.2 Å². The first-order chi connectivity index (χ1) is 9.15. The largest absolute Gasteiger partial charge is 0.465 e. The van der Waals surface area contributed by atoms with Gasteiger partial charge in [0, 0.05) is 12.5 Å². The maximum Gasteiger partial charge on any atom is 0.348 e. The lowest BCUT2D eigenvalue weighted by molar-refractivity contribution is -0.126. The second-order valence-electron chi connectivity index (χ2n) is 4.03. The summed E-state index contributed by atoms with van der Waals surface area (Å²) in [6, 6.07) is 5.87. The molecule has 2 rings (SSSR count). The standard InChI is InChI=1S/C13H13NO4S/c1-18-13(17)11-4-3-10(19-11)6-7-14-9(8-15)2-5-12(14)16/h3-4,9,15H,2,5,8H2,1H3. The predicted octanol–water partition coefficient (Wildman–Crippen LogP) is 0.827. The molecule has 0 bridgehead atoms. The van der Waals surface area contributed by atoms with Crippen LogP contribution in [0.2, 0.25) is 0 Å². The zero-order valence-corrected chi connectivity index (χ0v) is 11.2. The number of hydrogen-bond acceptors (Lipinski definition) is 5. The van der Waals surface area contributed by atoms with E-state index in [0.717, 1.165) is 0 Å². The topological polar surface area (TPSA) is 66.8 Å². The summed E-state index contributed by atoms with van der Waals surface area (Å²) in [7, 11) is 1.32. The van der Waals surface area contributed by atoms with Crippen LogP contribution in [0.1, 0.15) is 27.4 Å². The Balaban J connectivity index is 2.13. The molecule has 0 radical (unpaired) electrons. The number of amides is 1.